The van der Waals surface area contributed by atoms with E-state index in [0.717, 1.165) is 11.1 Å². The van der Waals surface area contributed by atoms with E-state index in [2.05, 4.69) is 5.32 Å². The first-order valence-electron chi connectivity index (χ1n) is 11.6. The van der Waals surface area contributed by atoms with Gasteiger partial charge in [-0.3, -0.25) is 14.4 Å². The minimum Gasteiger partial charge on any atom is -0.342 e. The maximum atomic E-state index is 13.1. The standard InChI is InChI=1S/C28H28FN3O3/c1-31(18-21-7-3-2-4-8-21)28(35)24-9-5-6-10-25(24)30-27(34)22-17-26(33)32(19-22)16-15-20-11-13-23(29)14-12-20/h2-14,22H,15-19H2,1H3,(H,30,34)/t22-/m1/s1. The van der Waals surface area contributed by atoms with Crippen LogP contribution in [-0.2, 0) is 22.6 Å². The maximum Gasteiger partial charge on any atom is 0.256 e. The zero-order valence-electron chi connectivity index (χ0n) is 19.6. The van der Waals surface area contributed by atoms with Crippen molar-refractivity contribution < 1.29 is 18.8 Å². The summed E-state index contributed by atoms with van der Waals surface area (Å²) < 4.78 is 13.1. The van der Waals surface area contributed by atoms with Crippen LogP contribution in [0.4, 0.5) is 10.1 Å². The second-order valence-corrected chi connectivity index (χ2v) is 8.80. The van der Waals surface area contributed by atoms with Crippen LogP contribution in [0.5, 0.6) is 0 Å². The van der Waals surface area contributed by atoms with Crippen LogP contribution in [-0.4, -0.2) is 47.7 Å². The molecule has 3 aromatic carbocycles. The molecule has 1 aliphatic heterocycles. The van der Waals surface area contributed by atoms with Gasteiger partial charge in [0.05, 0.1) is 17.2 Å². The number of hydrogen-bond donors (Lipinski definition) is 1. The van der Waals surface area contributed by atoms with Gasteiger partial charge in [-0.1, -0.05) is 54.6 Å². The monoisotopic (exact) mass is 473 g/mol. The lowest BCUT2D eigenvalue weighted by Gasteiger charge is -2.20. The lowest BCUT2D eigenvalue weighted by atomic mass is 10.1. The number of amides is 3. The normalized spacial score (nSPS) is 15.2. The number of carbonyl (C=O) groups excluding carboxylic acids is 3. The topological polar surface area (TPSA) is 69.7 Å². The van der Waals surface area contributed by atoms with Crippen LogP contribution in [0.25, 0.3) is 0 Å². The van der Waals surface area contributed by atoms with E-state index >= 15 is 0 Å². The second-order valence-electron chi connectivity index (χ2n) is 8.80. The van der Waals surface area contributed by atoms with Crippen LogP contribution in [0.1, 0.15) is 27.9 Å². The molecule has 0 bridgehead atoms. The number of nitrogens with one attached hydrogen (secondary N) is 1. The molecule has 0 saturated carbocycles. The highest BCUT2D eigenvalue weighted by molar-refractivity contribution is 6.05. The Morgan fingerprint density at radius 2 is 1.66 bits per heavy atom. The molecule has 6 nitrogen and oxygen atoms in total. The summed E-state index contributed by atoms with van der Waals surface area (Å²) in [4.78, 5) is 41.9. The number of rotatable bonds is 8. The molecule has 35 heavy (non-hydrogen) atoms. The summed E-state index contributed by atoms with van der Waals surface area (Å²) in [6, 6.07) is 22.8. The van der Waals surface area contributed by atoms with E-state index in [1.807, 2.05) is 30.3 Å². The largest absolute Gasteiger partial charge is 0.342 e. The van der Waals surface area contributed by atoms with Crippen molar-refractivity contribution in [2.24, 2.45) is 5.92 Å². The predicted molar refractivity (Wildman–Crippen MR) is 132 cm³/mol. The summed E-state index contributed by atoms with van der Waals surface area (Å²) in [5, 5.41) is 2.87. The first-order chi connectivity index (χ1) is 16.9. The Labute approximate surface area is 204 Å². The molecule has 1 heterocycles. The van der Waals surface area contributed by atoms with Gasteiger partial charge in [-0.15, -0.1) is 0 Å². The number of hydrogen-bond acceptors (Lipinski definition) is 3. The molecule has 3 amide bonds. The predicted octanol–water partition coefficient (Wildman–Crippen LogP) is 4.13. The third kappa shape index (κ3) is 6.12. The summed E-state index contributed by atoms with van der Waals surface area (Å²) in [6.45, 7) is 1.23. The van der Waals surface area contributed by atoms with E-state index in [1.54, 1.807) is 53.2 Å². The minimum atomic E-state index is -0.499. The molecule has 0 radical (unpaired) electrons. The Kier molecular flexibility index (Phi) is 7.55. The number of likely N-dealkylation sites (tertiary alicyclic amines) is 1. The van der Waals surface area contributed by atoms with Crippen molar-refractivity contribution in [3.05, 3.63) is 101 Å². The minimum absolute atomic E-state index is 0.0841. The van der Waals surface area contributed by atoms with Crippen molar-refractivity contribution in [3.63, 3.8) is 0 Å². The summed E-state index contributed by atoms with van der Waals surface area (Å²) in [5.41, 5.74) is 2.77. The van der Waals surface area contributed by atoms with Crippen molar-refractivity contribution in [1.82, 2.24) is 9.80 Å². The second kappa shape index (κ2) is 11.0. The molecule has 0 aromatic heterocycles. The highest BCUT2D eigenvalue weighted by Crippen LogP contribution is 2.23. The van der Waals surface area contributed by atoms with Crippen LogP contribution in [0.15, 0.2) is 78.9 Å². The number of nitrogens with zero attached hydrogens (tertiary/aromatic N) is 2. The molecule has 1 aliphatic rings. The third-order valence-electron chi connectivity index (χ3n) is 6.19. The van der Waals surface area contributed by atoms with Crippen molar-refractivity contribution in [1.29, 1.82) is 0 Å². The van der Waals surface area contributed by atoms with Gasteiger partial charge < -0.3 is 15.1 Å². The Morgan fingerprint density at radius 3 is 2.40 bits per heavy atom. The van der Waals surface area contributed by atoms with Gasteiger partial charge in [0.25, 0.3) is 5.91 Å². The van der Waals surface area contributed by atoms with Gasteiger partial charge in [-0.25, -0.2) is 4.39 Å². The lowest BCUT2D eigenvalue weighted by Crippen LogP contribution is -2.31. The summed E-state index contributed by atoms with van der Waals surface area (Å²) in [6.07, 6.45) is 0.713. The smallest absolute Gasteiger partial charge is 0.256 e. The van der Waals surface area contributed by atoms with E-state index in [9.17, 15) is 18.8 Å². The summed E-state index contributed by atoms with van der Waals surface area (Å²) in [7, 11) is 1.72. The lowest BCUT2D eigenvalue weighted by molar-refractivity contribution is -0.128. The number of para-hydroxylation sites is 1. The molecule has 1 atom stereocenters. The van der Waals surface area contributed by atoms with E-state index in [0.29, 0.717) is 37.3 Å². The average molecular weight is 474 g/mol. The summed E-state index contributed by atoms with van der Waals surface area (Å²) >= 11 is 0. The Bertz CT molecular complexity index is 1200. The SMILES string of the molecule is CN(Cc1ccccc1)C(=O)c1ccccc1NC(=O)[C@@H]1CC(=O)N(CCc2ccc(F)cc2)C1. The van der Waals surface area contributed by atoms with Gasteiger partial charge in [-0.05, 0) is 41.8 Å². The molecular weight excluding hydrogens is 445 g/mol. The van der Waals surface area contributed by atoms with Crippen LogP contribution in [0, 0.1) is 11.7 Å². The molecule has 7 heteroatoms. The summed E-state index contributed by atoms with van der Waals surface area (Å²) in [5.74, 6) is -1.37. The average Bonchev–Trinajstić information content (AvgIpc) is 3.25. The van der Waals surface area contributed by atoms with Crippen molar-refractivity contribution in [3.8, 4) is 0 Å². The van der Waals surface area contributed by atoms with E-state index in [-0.39, 0.29) is 30.0 Å². The van der Waals surface area contributed by atoms with E-state index < -0.39 is 5.92 Å². The van der Waals surface area contributed by atoms with Crippen molar-refractivity contribution in [2.75, 3.05) is 25.5 Å². The number of benzene rings is 3. The van der Waals surface area contributed by atoms with E-state index in [4.69, 9.17) is 0 Å². The van der Waals surface area contributed by atoms with Crippen molar-refractivity contribution in [2.45, 2.75) is 19.4 Å². The van der Waals surface area contributed by atoms with Gasteiger partial charge in [0.1, 0.15) is 5.82 Å². The zero-order chi connectivity index (χ0) is 24.8. The number of anilines is 1. The highest BCUT2D eigenvalue weighted by Gasteiger charge is 2.34. The zero-order valence-corrected chi connectivity index (χ0v) is 19.6. The van der Waals surface area contributed by atoms with Gasteiger partial charge in [0.2, 0.25) is 11.8 Å². The van der Waals surface area contributed by atoms with Crippen LogP contribution in [0.2, 0.25) is 0 Å². The molecule has 0 spiro atoms. The Morgan fingerprint density at radius 1 is 0.971 bits per heavy atom. The van der Waals surface area contributed by atoms with E-state index in [1.165, 1.54) is 12.1 Å². The molecule has 180 valence electrons. The first-order valence-corrected chi connectivity index (χ1v) is 11.6. The van der Waals surface area contributed by atoms with Gasteiger partial charge in [0.15, 0.2) is 0 Å². The molecular formula is C28H28FN3O3. The Balaban J connectivity index is 1.37. The first kappa shape index (κ1) is 24.1. The van der Waals surface area contributed by atoms with Crippen LogP contribution < -0.4 is 5.32 Å². The molecule has 4 rings (SSSR count). The fourth-order valence-electron chi connectivity index (χ4n) is 4.23. The number of carbonyl (C=O) groups is 3. The van der Waals surface area contributed by atoms with Gasteiger partial charge in [-0.2, -0.15) is 0 Å². The molecule has 0 unspecified atom stereocenters. The molecule has 0 aliphatic carbocycles. The quantitative estimate of drug-likeness (QED) is 0.535. The molecule has 1 fully saturated rings. The van der Waals surface area contributed by atoms with Gasteiger partial charge >= 0.3 is 0 Å². The fourth-order valence-corrected chi connectivity index (χ4v) is 4.23. The van der Waals surface area contributed by atoms with Crippen LogP contribution >= 0.6 is 0 Å². The molecule has 3 aromatic rings. The third-order valence-corrected chi connectivity index (χ3v) is 6.19. The van der Waals surface area contributed by atoms with Gasteiger partial charge in [0, 0.05) is 33.1 Å². The molecule has 1 saturated heterocycles. The molecule has 1 N–H and O–H groups in total. The fraction of sp³-hybridized carbons (Fsp3) is 0.250. The highest BCUT2D eigenvalue weighted by atomic mass is 19.1. The maximum absolute atomic E-state index is 13.1. The van der Waals surface area contributed by atoms with Crippen molar-refractivity contribution >= 4 is 23.4 Å². The number of halogens is 1. The van der Waals surface area contributed by atoms with Crippen LogP contribution in [0.3, 0.4) is 0 Å². The Hall–Kier alpha value is -4.00.